The Hall–Kier alpha value is -2.32. The van der Waals surface area contributed by atoms with Crippen molar-refractivity contribution in [1.82, 2.24) is 13.9 Å². The SMILES string of the molecule is Cc1cc(CNS(=O)(=O)c2ccc3c(c2)oc(=O)n3C)c(C)n1C1CC1. The summed E-state index contributed by atoms with van der Waals surface area (Å²) in [6, 6.07) is 7.03. The molecule has 3 aromatic rings. The molecule has 0 amide bonds. The van der Waals surface area contributed by atoms with Crippen LogP contribution in [0.15, 0.2) is 38.4 Å². The highest BCUT2D eigenvalue weighted by Crippen LogP contribution is 2.38. The lowest BCUT2D eigenvalue weighted by molar-refractivity contribution is 0.527. The Bertz CT molecular complexity index is 1160. The molecule has 2 heterocycles. The Morgan fingerprint density at radius 1 is 1.23 bits per heavy atom. The van der Waals surface area contributed by atoms with E-state index in [1.807, 2.05) is 13.0 Å². The van der Waals surface area contributed by atoms with Gasteiger partial charge in [-0.3, -0.25) is 4.57 Å². The van der Waals surface area contributed by atoms with Crippen LogP contribution < -0.4 is 10.5 Å². The maximum absolute atomic E-state index is 12.6. The van der Waals surface area contributed by atoms with Crippen LogP contribution in [-0.4, -0.2) is 17.6 Å². The maximum Gasteiger partial charge on any atom is 0.419 e. The van der Waals surface area contributed by atoms with Crippen LogP contribution in [0.1, 0.15) is 35.8 Å². The molecule has 0 radical (unpaired) electrons. The minimum Gasteiger partial charge on any atom is -0.408 e. The Labute approximate surface area is 151 Å². The van der Waals surface area contributed by atoms with Crippen molar-refractivity contribution < 1.29 is 12.8 Å². The van der Waals surface area contributed by atoms with Gasteiger partial charge < -0.3 is 8.98 Å². The molecule has 1 aliphatic carbocycles. The summed E-state index contributed by atoms with van der Waals surface area (Å²) < 4.78 is 36.6. The van der Waals surface area contributed by atoms with Gasteiger partial charge in [0.1, 0.15) is 0 Å². The quantitative estimate of drug-likeness (QED) is 0.742. The lowest BCUT2D eigenvalue weighted by Gasteiger charge is -2.09. The third-order valence-corrected chi connectivity index (χ3v) is 6.43. The fourth-order valence-corrected chi connectivity index (χ4v) is 4.48. The Kier molecular flexibility index (Phi) is 3.85. The van der Waals surface area contributed by atoms with E-state index in [1.54, 1.807) is 13.1 Å². The highest BCUT2D eigenvalue weighted by atomic mass is 32.2. The van der Waals surface area contributed by atoms with Crippen molar-refractivity contribution in [3.05, 3.63) is 51.8 Å². The van der Waals surface area contributed by atoms with Crippen molar-refractivity contribution in [2.45, 2.75) is 44.2 Å². The molecule has 0 unspecified atom stereocenters. The topological polar surface area (TPSA) is 86.2 Å². The van der Waals surface area contributed by atoms with Gasteiger partial charge in [-0.2, -0.15) is 0 Å². The second kappa shape index (κ2) is 5.85. The first-order valence-corrected chi connectivity index (χ1v) is 10.0. The fourth-order valence-electron chi connectivity index (χ4n) is 3.46. The number of hydrogen-bond donors (Lipinski definition) is 1. The molecule has 1 fully saturated rings. The molecule has 0 bridgehead atoms. The molecule has 1 N–H and O–H groups in total. The van der Waals surface area contributed by atoms with E-state index in [2.05, 4.69) is 16.2 Å². The van der Waals surface area contributed by atoms with Gasteiger partial charge in [-0.1, -0.05) is 0 Å². The van der Waals surface area contributed by atoms with Gasteiger partial charge in [0.2, 0.25) is 10.0 Å². The Morgan fingerprint density at radius 3 is 2.65 bits per heavy atom. The molecule has 2 aromatic heterocycles. The third-order valence-electron chi connectivity index (χ3n) is 5.03. The van der Waals surface area contributed by atoms with Crippen LogP contribution in [0.5, 0.6) is 0 Å². The second-order valence-electron chi connectivity index (χ2n) is 6.88. The number of nitrogens with one attached hydrogen (secondary N) is 1. The van der Waals surface area contributed by atoms with Gasteiger partial charge in [-0.05, 0) is 50.5 Å². The van der Waals surface area contributed by atoms with Gasteiger partial charge in [0.15, 0.2) is 5.58 Å². The molecular formula is C18H21N3O4S. The monoisotopic (exact) mass is 375 g/mol. The van der Waals surface area contributed by atoms with Gasteiger partial charge in [-0.25, -0.2) is 17.9 Å². The number of benzene rings is 1. The van der Waals surface area contributed by atoms with Crippen molar-refractivity contribution in [1.29, 1.82) is 0 Å². The molecule has 138 valence electrons. The summed E-state index contributed by atoms with van der Waals surface area (Å²) in [7, 11) is -2.13. The summed E-state index contributed by atoms with van der Waals surface area (Å²) in [6.45, 7) is 4.31. The molecule has 0 saturated heterocycles. The molecule has 0 atom stereocenters. The fraction of sp³-hybridized carbons (Fsp3) is 0.389. The van der Waals surface area contributed by atoms with E-state index >= 15 is 0 Å². The second-order valence-corrected chi connectivity index (χ2v) is 8.65. The number of nitrogens with zero attached hydrogens (tertiary/aromatic N) is 2. The standard InChI is InChI=1S/C18H21N3O4S/c1-11-8-13(12(2)21(11)14-4-5-14)10-19-26(23,24)15-6-7-16-17(9-15)25-18(22)20(16)3/h6-9,14,19H,4-5,10H2,1-3H3. The number of oxazole rings is 1. The number of aromatic nitrogens is 2. The van der Waals surface area contributed by atoms with E-state index in [1.165, 1.54) is 29.5 Å². The first-order chi connectivity index (χ1) is 12.3. The van der Waals surface area contributed by atoms with Crippen LogP contribution in [-0.2, 0) is 23.6 Å². The number of aryl methyl sites for hydroxylation is 2. The lowest BCUT2D eigenvalue weighted by Crippen LogP contribution is -2.23. The van der Waals surface area contributed by atoms with Crippen LogP contribution in [0.25, 0.3) is 11.1 Å². The minimum atomic E-state index is -3.71. The third kappa shape index (κ3) is 2.79. The smallest absolute Gasteiger partial charge is 0.408 e. The largest absolute Gasteiger partial charge is 0.419 e. The van der Waals surface area contributed by atoms with Gasteiger partial charge in [0, 0.05) is 37.1 Å². The van der Waals surface area contributed by atoms with Gasteiger partial charge in [-0.15, -0.1) is 0 Å². The van der Waals surface area contributed by atoms with E-state index in [0.29, 0.717) is 11.6 Å². The molecule has 1 aromatic carbocycles. The molecule has 0 spiro atoms. The van der Waals surface area contributed by atoms with Crippen molar-refractivity contribution in [3.63, 3.8) is 0 Å². The van der Waals surface area contributed by atoms with E-state index in [0.717, 1.165) is 17.0 Å². The Balaban J connectivity index is 1.60. The van der Waals surface area contributed by atoms with Crippen LogP contribution in [0.2, 0.25) is 0 Å². The summed E-state index contributed by atoms with van der Waals surface area (Å²) in [6.07, 6.45) is 2.37. The van der Waals surface area contributed by atoms with Crippen LogP contribution in [0, 0.1) is 13.8 Å². The predicted molar refractivity (Wildman–Crippen MR) is 97.7 cm³/mol. The number of rotatable bonds is 5. The van der Waals surface area contributed by atoms with Crippen molar-refractivity contribution in [2.75, 3.05) is 0 Å². The molecule has 7 nitrogen and oxygen atoms in total. The molecular weight excluding hydrogens is 354 g/mol. The van der Waals surface area contributed by atoms with E-state index in [9.17, 15) is 13.2 Å². The first kappa shape index (κ1) is 17.1. The molecule has 1 saturated carbocycles. The minimum absolute atomic E-state index is 0.0790. The summed E-state index contributed by atoms with van der Waals surface area (Å²) in [5.41, 5.74) is 4.06. The summed E-state index contributed by atoms with van der Waals surface area (Å²) >= 11 is 0. The van der Waals surface area contributed by atoms with Gasteiger partial charge in [0.05, 0.1) is 10.4 Å². The summed E-state index contributed by atoms with van der Waals surface area (Å²) in [4.78, 5) is 11.6. The Morgan fingerprint density at radius 2 is 1.96 bits per heavy atom. The molecule has 8 heteroatoms. The molecule has 26 heavy (non-hydrogen) atoms. The normalized spacial score (nSPS) is 15.0. The van der Waals surface area contributed by atoms with E-state index in [4.69, 9.17) is 4.42 Å². The van der Waals surface area contributed by atoms with Crippen molar-refractivity contribution >= 4 is 21.1 Å². The van der Waals surface area contributed by atoms with Crippen LogP contribution in [0.3, 0.4) is 0 Å². The summed E-state index contributed by atoms with van der Waals surface area (Å²) in [5, 5.41) is 0. The van der Waals surface area contributed by atoms with Gasteiger partial charge >= 0.3 is 5.76 Å². The molecule has 4 rings (SSSR count). The maximum atomic E-state index is 12.6. The molecule has 1 aliphatic rings. The number of hydrogen-bond acceptors (Lipinski definition) is 4. The zero-order valence-electron chi connectivity index (χ0n) is 14.9. The number of sulfonamides is 1. The van der Waals surface area contributed by atoms with Crippen LogP contribution in [0.4, 0.5) is 0 Å². The number of fused-ring (bicyclic) bond motifs is 1. The zero-order valence-corrected chi connectivity index (χ0v) is 15.8. The van der Waals surface area contributed by atoms with E-state index < -0.39 is 15.8 Å². The molecule has 0 aliphatic heterocycles. The highest BCUT2D eigenvalue weighted by Gasteiger charge is 2.27. The average Bonchev–Trinajstić information content (AvgIpc) is 3.32. The van der Waals surface area contributed by atoms with Crippen molar-refractivity contribution in [3.8, 4) is 0 Å². The van der Waals surface area contributed by atoms with E-state index in [-0.39, 0.29) is 17.0 Å². The zero-order chi connectivity index (χ0) is 18.6. The first-order valence-electron chi connectivity index (χ1n) is 8.54. The predicted octanol–water partition coefficient (Wildman–Crippen LogP) is 2.36. The highest BCUT2D eigenvalue weighted by molar-refractivity contribution is 7.89. The lowest BCUT2D eigenvalue weighted by atomic mass is 10.2. The average molecular weight is 375 g/mol. The van der Waals surface area contributed by atoms with Crippen LogP contribution >= 0.6 is 0 Å². The van der Waals surface area contributed by atoms with Crippen molar-refractivity contribution in [2.24, 2.45) is 7.05 Å². The van der Waals surface area contributed by atoms with Gasteiger partial charge in [0.25, 0.3) is 0 Å². The summed E-state index contributed by atoms with van der Waals surface area (Å²) in [5.74, 6) is -0.518.